The van der Waals surface area contributed by atoms with Gasteiger partial charge < -0.3 is 15.4 Å². The lowest BCUT2D eigenvalue weighted by molar-refractivity contribution is -0.116. The molecule has 0 saturated heterocycles. The van der Waals surface area contributed by atoms with Gasteiger partial charge in [0.2, 0.25) is 11.7 Å². The van der Waals surface area contributed by atoms with Gasteiger partial charge in [-0.3, -0.25) is 9.59 Å². The molecular weight excluding hydrogens is 405 g/mol. The first-order valence-corrected chi connectivity index (χ1v) is 9.21. The number of Topliss-reactive ketones (excluding diaryl/α,β-unsaturated/α-hetero) is 1. The molecule has 1 aliphatic carbocycles. The van der Waals surface area contributed by atoms with E-state index in [0.717, 1.165) is 6.20 Å². The Balaban J connectivity index is 1.59. The number of rotatable bonds is 4. The van der Waals surface area contributed by atoms with E-state index in [1.807, 2.05) is 0 Å². The highest BCUT2D eigenvalue weighted by molar-refractivity contribution is 6.48. The van der Waals surface area contributed by atoms with Gasteiger partial charge in [0.05, 0.1) is 11.9 Å². The zero-order chi connectivity index (χ0) is 21.8. The molecule has 1 aliphatic heterocycles. The summed E-state index contributed by atoms with van der Waals surface area (Å²) in [6, 6.07) is 3.26. The van der Waals surface area contributed by atoms with Crippen LogP contribution in [0, 0.1) is 5.82 Å². The number of ketones is 1. The van der Waals surface area contributed by atoms with Crippen LogP contribution in [-0.4, -0.2) is 52.2 Å². The molecule has 0 radical (unpaired) electrons. The molecule has 0 aromatic carbocycles. The van der Waals surface area contributed by atoms with E-state index in [4.69, 9.17) is 4.74 Å². The lowest BCUT2D eigenvalue weighted by atomic mass is 9.98. The van der Waals surface area contributed by atoms with Gasteiger partial charge >= 0.3 is 0 Å². The summed E-state index contributed by atoms with van der Waals surface area (Å²) in [4.78, 5) is 44.5. The summed E-state index contributed by atoms with van der Waals surface area (Å²) in [5.41, 5.74) is 0.319. The fourth-order valence-electron chi connectivity index (χ4n) is 2.76. The highest BCUT2D eigenvalue weighted by atomic mass is 19.1. The number of aromatic nitrogens is 3. The number of aliphatic imine (C=N–C) groups is 2. The number of fused-ring (bicyclic) bond motifs is 1. The molecular formula is C20H16FN7O3. The van der Waals surface area contributed by atoms with E-state index in [-0.39, 0.29) is 29.5 Å². The molecule has 2 aromatic rings. The van der Waals surface area contributed by atoms with E-state index >= 15 is 0 Å². The van der Waals surface area contributed by atoms with Crippen molar-refractivity contribution in [2.75, 3.05) is 19.0 Å². The van der Waals surface area contributed by atoms with Gasteiger partial charge in [-0.05, 0) is 12.1 Å². The Hall–Kier alpha value is -4.28. The van der Waals surface area contributed by atoms with Crippen molar-refractivity contribution in [3.63, 3.8) is 0 Å². The van der Waals surface area contributed by atoms with E-state index in [1.54, 1.807) is 30.5 Å². The molecule has 11 heteroatoms. The molecule has 0 fully saturated rings. The van der Waals surface area contributed by atoms with Crippen LogP contribution in [0.5, 0.6) is 5.75 Å². The van der Waals surface area contributed by atoms with Crippen molar-refractivity contribution in [3.8, 4) is 5.75 Å². The quantitative estimate of drug-likeness (QED) is 0.723. The van der Waals surface area contributed by atoms with Crippen LogP contribution in [0.3, 0.4) is 0 Å². The van der Waals surface area contributed by atoms with Gasteiger partial charge in [0, 0.05) is 31.3 Å². The van der Waals surface area contributed by atoms with Crippen LogP contribution < -0.4 is 15.4 Å². The number of carbonyl (C=O) groups is 2. The number of anilines is 2. The van der Waals surface area contributed by atoms with Gasteiger partial charge in [0.25, 0.3) is 5.95 Å². The highest BCUT2D eigenvalue weighted by Gasteiger charge is 2.20. The van der Waals surface area contributed by atoms with Crippen molar-refractivity contribution in [2.45, 2.75) is 6.42 Å². The normalized spacial score (nSPS) is 17.4. The van der Waals surface area contributed by atoms with Crippen LogP contribution in [0.25, 0.3) is 0 Å². The largest absolute Gasteiger partial charge is 0.484 e. The first-order valence-electron chi connectivity index (χ1n) is 9.21. The van der Waals surface area contributed by atoms with E-state index in [0.29, 0.717) is 24.0 Å². The smallest absolute Gasteiger partial charge is 0.251 e. The van der Waals surface area contributed by atoms with Crippen molar-refractivity contribution in [1.29, 1.82) is 0 Å². The van der Waals surface area contributed by atoms with E-state index in [9.17, 15) is 14.0 Å². The number of amides is 1. The molecule has 1 amide bonds. The Morgan fingerprint density at radius 1 is 1.32 bits per heavy atom. The molecule has 3 heterocycles. The molecule has 156 valence electrons. The molecule has 2 aromatic heterocycles. The van der Waals surface area contributed by atoms with Crippen molar-refractivity contribution in [3.05, 3.63) is 47.9 Å². The van der Waals surface area contributed by atoms with Crippen molar-refractivity contribution in [1.82, 2.24) is 20.3 Å². The molecule has 0 unspecified atom stereocenters. The predicted molar refractivity (Wildman–Crippen MR) is 111 cm³/mol. The molecule has 4 rings (SSSR count). The first-order chi connectivity index (χ1) is 15.0. The Kier molecular flexibility index (Phi) is 5.56. The van der Waals surface area contributed by atoms with Gasteiger partial charge in [0.15, 0.2) is 23.2 Å². The average Bonchev–Trinajstić information content (AvgIpc) is 2.78. The minimum Gasteiger partial charge on any atom is -0.484 e. The van der Waals surface area contributed by atoms with Crippen molar-refractivity contribution in [2.24, 2.45) is 9.98 Å². The first kappa shape index (κ1) is 20.0. The zero-order valence-electron chi connectivity index (χ0n) is 16.3. The standard InChI is InChI=1S/C20H16FN7O3/c1-22-16(29)9-11-3-2-4-13(17(11)30)25-20-24-10-12(21)18(28-20)26-15-6-5-14-19(27-15)23-7-8-31-14/h2-3,5-7,9-10H,4,8H2,1H3,(H,22,29)(H,24,26,27,28). The summed E-state index contributed by atoms with van der Waals surface area (Å²) in [6.07, 6.45) is 7.16. The van der Waals surface area contributed by atoms with Crippen molar-refractivity contribution < 1.29 is 18.7 Å². The second kappa shape index (κ2) is 8.61. The van der Waals surface area contributed by atoms with Gasteiger partial charge in [-0.1, -0.05) is 12.2 Å². The maximum atomic E-state index is 14.2. The number of carbonyl (C=O) groups excluding carboxylic acids is 2. The van der Waals surface area contributed by atoms with E-state index in [2.05, 4.69) is 35.6 Å². The van der Waals surface area contributed by atoms with Crippen LogP contribution in [-0.2, 0) is 9.59 Å². The Morgan fingerprint density at radius 2 is 2.19 bits per heavy atom. The fraction of sp³-hybridized carbons (Fsp3) is 0.150. The number of hydrogen-bond donors (Lipinski definition) is 2. The lowest BCUT2D eigenvalue weighted by Gasteiger charge is -2.12. The Bertz CT molecular complexity index is 1190. The molecule has 0 saturated carbocycles. The SMILES string of the molecule is CNC(=O)C=C1C=CCC(=Nc2ncc(F)c(Nc3ccc4c(n3)N=CCO4)n2)C1=O. The number of pyridine rings is 1. The number of halogens is 1. The highest BCUT2D eigenvalue weighted by Crippen LogP contribution is 2.30. The van der Waals surface area contributed by atoms with Crippen LogP contribution in [0.15, 0.2) is 52.1 Å². The maximum Gasteiger partial charge on any atom is 0.251 e. The topological polar surface area (TPSA) is 131 Å². The average molecular weight is 421 g/mol. The molecule has 0 bridgehead atoms. The zero-order valence-corrected chi connectivity index (χ0v) is 16.3. The van der Waals surface area contributed by atoms with E-state index < -0.39 is 17.5 Å². The number of nitrogens with one attached hydrogen (secondary N) is 2. The second-order valence-corrected chi connectivity index (χ2v) is 6.34. The summed E-state index contributed by atoms with van der Waals surface area (Å²) in [7, 11) is 1.46. The number of likely N-dealkylation sites (N-methyl/N-ethyl adjacent to an activating group) is 1. The van der Waals surface area contributed by atoms with Crippen LogP contribution in [0.1, 0.15) is 6.42 Å². The molecule has 31 heavy (non-hydrogen) atoms. The number of ether oxygens (including phenoxy) is 1. The summed E-state index contributed by atoms with van der Waals surface area (Å²) in [5, 5.41) is 5.17. The summed E-state index contributed by atoms with van der Waals surface area (Å²) >= 11 is 0. The third-order valence-corrected chi connectivity index (χ3v) is 4.24. The number of hydrogen-bond acceptors (Lipinski definition) is 9. The molecule has 2 aliphatic rings. The molecule has 0 spiro atoms. The summed E-state index contributed by atoms with van der Waals surface area (Å²) in [5.74, 6) is -0.658. The maximum absolute atomic E-state index is 14.2. The Labute approximate surface area is 175 Å². The van der Waals surface area contributed by atoms with Gasteiger partial charge in [-0.15, -0.1) is 0 Å². The van der Waals surface area contributed by atoms with Gasteiger partial charge in [0.1, 0.15) is 12.4 Å². The third-order valence-electron chi connectivity index (χ3n) is 4.24. The molecule has 10 nitrogen and oxygen atoms in total. The Morgan fingerprint density at radius 3 is 3.03 bits per heavy atom. The summed E-state index contributed by atoms with van der Waals surface area (Å²) < 4.78 is 19.6. The number of nitrogens with zero attached hydrogens (tertiary/aromatic N) is 5. The van der Waals surface area contributed by atoms with Crippen LogP contribution in [0.4, 0.5) is 27.8 Å². The fourth-order valence-corrected chi connectivity index (χ4v) is 2.76. The second-order valence-electron chi connectivity index (χ2n) is 6.34. The van der Waals surface area contributed by atoms with Crippen LogP contribution >= 0.6 is 0 Å². The lowest BCUT2D eigenvalue weighted by Crippen LogP contribution is -2.22. The van der Waals surface area contributed by atoms with Gasteiger partial charge in [-0.2, -0.15) is 4.98 Å². The minimum absolute atomic E-state index is 0.110. The predicted octanol–water partition coefficient (Wildman–Crippen LogP) is 2.12. The van der Waals surface area contributed by atoms with E-state index in [1.165, 1.54) is 13.1 Å². The number of allylic oxidation sites excluding steroid dienone is 3. The summed E-state index contributed by atoms with van der Waals surface area (Å²) in [6.45, 7) is 0.361. The van der Waals surface area contributed by atoms with Crippen molar-refractivity contribution >= 4 is 47.0 Å². The minimum atomic E-state index is -0.724. The van der Waals surface area contributed by atoms with Gasteiger partial charge in [-0.25, -0.2) is 24.3 Å². The molecule has 2 N–H and O–H groups in total. The van der Waals surface area contributed by atoms with Crippen LogP contribution in [0.2, 0.25) is 0 Å². The monoisotopic (exact) mass is 421 g/mol. The molecule has 0 atom stereocenters. The third kappa shape index (κ3) is 4.50.